The Kier molecular flexibility index (Phi) is 8.35. The van der Waals surface area contributed by atoms with E-state index < -0.39 is 0 Å². The molecule has 1 aliphatic rings. The highest BCUT2D eigenvalue weighted by atomic mass is 16.3. The molecule has 0 atom stereocenters. The molecule has 2 amide bonds. The number of nitrogens with zero attached hydrogens (tertiary/aromatic N) is 2. The number of hydrogen-bond donors (Lipinski definition) is 2. The molecule has 1 aromatic heterocycles. The summed E-state index contributed by atoms with van der Waals surface area (Å²) in [6.45, 7) is 5.88. The van der Waals surface area contributed by atoms with Crippen LogP contribution in [0.3, 0.4) is 0 Å². The second kappa shape index (κ2) is 12.0. The summed E-state index contributed by atoms with van der Waals surface area (Å²) in [5, 5.41) is 5.78. The Morgan fingerprint density at radius 1 is 0.824 bits per heavy atom. The van der Waals surface area contributed by atoms with E-state index in [1.807, 2.05) is 6.07 Å². The molecule has 4 rings (SSSR count). The van der Waals surface area contributed by atoms with Gasteiger partial charge in [0, 0.05) is 57.9 Å². The van der Waals surface area contributed by atoms with Gasteiger partial charge in [-0.2, -0.15) is 0 Å². The van der Waals surface area contributed by atoms with Gasteiger partial charge in [0.15, 0.2) is 5.76 Å². The summed E-state index contributed by atoms with van der Waals surface area (Å²) in [4.78, 5) is 29.0. The Labute approximate surface area is 200 Å². The van der Waals surface area contributed by atoms with Crippen LogP contribution in [0.25, 0.3) is 0 Å². The third kappa shape index (κ3) is 6.71. The lowest BCUT2D eigenvalue weighted by Crippen LogP contribution is -2.46. The van der Waals surface area contributed by atoms with Gasteiger partial charge in [-0.3, -0.25) is 14.5 Å². The maximum Gasteiger partial charge on any atom is 0.286 e. The van der Waals surface area contributed by atoms with Gasteiger partial charge in [-0.05, 0) is 41.8 Å². The number of rotatable bonds is 10. The lowest BCUT2D eigenvalue weighted by atomic mass is 10.1. The van der Waals surface area contributed by atoms with E-state index in [4.69, 9.17) is 4.42 Å². The molecule has 0 bridgehead atoms. The number of carbonyl (C=O) groups is 2. The van der Waals surface area contributed by atoms with E-state index >= 15 is 0 Å². The Bertz CT molecular complexity index is 1040. The van der Waals surface area contributed by atoms with Gasteiger partial charge in [0.25, 0.3) is 5.91 Å². The van der Waals surface area contributed by atoms with Crippen LogP contribution in [0.2, 0.25) is 0 Å². The highest BCUT2D eigenvalue weighted by Gasteiger charge is 2.18. The highest BCUT2D eigenvalue weighted by molar-refractivity contribution is 5.91. The monoisotopic (exact) mass is 460 g/mol. The minimum absolute atomic E-state index is 0.0153. The predicted octanol–water partition coefficient (Wildman–Crippen LogP) is 3.43. The first-order chi connectivity index (χ1) is 16.7. The minimum atomic E-state index is -0.260. The Balaban J connectivity index is 1.18. The Hall–Kier alpha value is -3.58. The fourth-order valence-corrected chi connectivity index (χ4v) is 4.16. The molecule has 7 heteroatoms. The maximum absolute atomic E-state index is 12.3. The first kappa shape index (κ1) is 23.6. The van der Waals surface area contributed by atoms with Gasteiger partial charge in [-0.25, -0.2) is 0 Å². The molecule has 1 aliphatic heterocycles. The van der Waals surface area contributed by atoms with Crippen LogP contribution in [-0.2, 0) is 17.9 Å². The number of hydrogen-bond acceptors (Lipinski definition) is 5. The van der Waals surface area contributed by atoms with E-state index in [1.54, 1.807) is 12.1 Å². The fraction of sp³-hybridized carbons (Fsp3) is 0.333. The number of nitrogens with one attached hydrogen (secondary N) is 2. The van der Waals surface area contributed by atoms with E-state index in [1.165, 1.54) is 17.5 Å². The standard InChI is InChI=1S/C27H32N4O3/c32-26(13-6-14-28-27(33)25-12-7-19-34-25)29-20-22-8-4-5-9-23(22)21-30-15-17-31(18-16-30)24-10-2-1-3-11-24/h1-5,7-12,19H,6,13-18,20-21H2,(H,28,33)(H,29,32). The number of piperazine rings is 1. The summed E-state index contributed by atoms with van der Waals surface area (Å²) in [5.41, 5.74) is 3.68. The molecule has 0 spiro atoms. The normalized spacial score (nSPS) is 14.1. The summed E-state index contributed by atoms with van der Waals surface area (Å²) in [6, 6.07) is 22.1. The zero-order valence-electron chi connectivity index (χ0n) is 19.4. The largest absolute Gasteiger partial charge is 0.459 e. The first-order valence-electron chi connectivity index (χ1n) is 11.9. The van der Waals surface area contributed by atoms with Crippen molar-refractivity contribution in [1.29, 1.82) is 0 Å². The number of amides is 2. The van der Waals surface area contributed by atoms with Crippen molar-refractivity contribution in [3.63, 3.8) is 0 Å². The predicted molar refractivity (Wildman–Crippen MR) is 132 cm³/mol. The number of para-hydroxylation sites is 1. The summed E-state index contributed by atoms with van der Waals surface area (Å²) in [7, 11) is 0. The lowest BCUT2D eigenvalue weighted by molar-refractivity contribution is -0.121. The molecule has 2 heterocycles. The van der Waals surface area contributed by atoms with E-state index in [9.17, 15) is 9.59 Å². The van der Waals surface area contributed by atoms with Crippen LogP contribution in [0.15, 0.2) is 77.4 Å². The Morgan fingerprint density at radius 2 is 1.56 bits per heavy atom. The second-order valence-corrected chi connectivity index (χ2v) is 8.48. The molecule has 1 saturated heterocycles. The van der Waals surface area contributed by atoms with Crippen LogP contribution >= 0.6 is 0 Å². The van der Waals surface area contributed by atoms with Gasteiger partial charge in [-0.15, -0.1) is 0 Å². The third-order valence-electron chi connectivity index (χ3n) is 6.09. The number of anilines is 1. The summed E-state index contributed by atoms with van der Waals surface area (Å²) >= 11 is 0. The zero-order valence-corrected chi connectivity index (χ0v) is 19.4. The molecule has 7 nitrogen and oxygen atoms in total. The third-order valence-corrected chi connectivity index (χ3v) is 6.09. The fourth-order valence-electron chi connectivity index (χ4n) is 4.16. The molecule has 2 N–H and O–H groups in total. The van der Waals surface area contributed by atoms with Gasteiger partial charge < -0.3 is 20.0 Å². The molecular formula is C27H32N4O3. The maximum atomic E-state index is 12.3. The summed E-state index contributed by atoms with van der Waals surface area (Å²) in [6.07, 6.45) is 2.40. The van der Waals surface area contributed by atoms with Crippen LogP contribution in [0, 0.1) is 0 Å². The molecule has 34 heavy (non-hydrogen) atoms. The first-order valence-corrected chi connectivity index (χ1v) is 11.9. The molecule has 2 aromatic carbocycles. The van der Waals surface area contributed by atoms with Crippen molar-refractivity contribution in [3.8, 4) is 0 Å². The van der Waals surface area contributed by atoms with Gasteiger partial charge >= 0.3 is 0 Å². The average molecular weight is 461 g/mol. The van der Waals surface area contributed by atoms with Crippen LogP contribution in [0.4, 0.5) is 5.69 Å². The number of benzene rings is 2. The number of carbonyl (C=O) groups excluding carboxylic acids is 2. The summed E-state index contributed by atoms with van der Waals surface area (Å²) < 4.78 is 5.05. The van der Waals surface area contributed by atoms with E-state index in [-0.39, 0.29) is 17.6 Å². The van der Waals surface area contributed by atoms with E-state index in [2.05, 4.69) is 69.0 Å². The van der Waals surface area contributed by atoms with E-state index in [0.717, 1.165) is 38.3 Å². The molecule has 0 aliphatic carbocycles. The van der Waals surface area contributed by atoms with Crippen molar-refractivity contribution in [2.24, 2.45) is 0 Å². The van der Waals surface area contributed by atoms with Crippen LogP contribution in [0.5, 0.6) is 0 Å². The van der Waals surface area contributed by atoms with Crippen molar-refractivity contribution in [1.82, 2.24) is 15.5 Å². The smallest absolute Gasteiger partial charge is 0.286 e. The number of furan rings is 1. The molecule has 3 aromatic rings. The van der Waals surface area contributed by atoms with Gasteiger partial charge in [0.1, 0.15) is 0 Å². The lowest BCUT2D eigenvalue weighted by Gasteiger charge is -2.36. The van der Waals surface area contributed by atoms with Gasteiger partial charge in [0.2, 0.25) is 5.91 Å². The highest BCUT2D eigenvalue weighted by Crippen LogP contribution is 2.18. The molecule has 0 saturated carbocycles. The minimum Gasteiger partial charge on any atom is -0.459 e. The average Bonchev–Trinajstić information content (AvgIpc) is 3.42. The molecule has 1 fully saturated rings. The van der Waals surface area contributed by atoms with Crippen LogP contribution < -0.4 is 15.5 Å². The molecule has 0 radical (unpaired) electrons. The molecular weight excluding hydrogens is 428 g/mol. The quantitative estimate of drug-likeness (QED) is 0.454. The Morgan fingerprint density at radius 3 is 2.29 bits per heavy atom. The topological polar surface area (TPSA) is 77.8 Å². The van der Waals surface area contributed by atoms with E-state index in [0.29, 0.717) is 25.9 Å². The van der Waals surface area contributed by atoms with Gasteiger partial charge in [0.05, 0.1) is 6.26 Å². The SMILES string of the molecule is O=C(CCCNC(=O)c1ccco1)NCc1ccccc1CN1CCN(c2ccccc2)CC1. The van der Waals surface area contributed by atoms with Crippen molar-refractivity contribution in [3.05, 3.63) is 89.9 Å². The van der Waals surface area contributed by atoms with Crippen molar-refractivity contribution >= 4 is 17.5 Å². The van der Waals surface area contributed by atoms with Crippen LogP contribution in [-0.4, -0.2) is 49.4 Å². The molecule has 0 unspecified atom stereocenters. The van der Waals surface area contributed by atoms with Crippen molar-refractivity contribution < 1.29 is 14.0 Å². The zero-order chi connectivity index (χ0) is 23.6. The van der Waals surface area contributed by atoms with Crippen molar-refractivity contribution in [2.75, 3.05) is 37.6 Å². The van der Waals surface area contributed by atoms with Crippen molar-refractivity contribution in [2.45, 2.75) is 25.9 Å². The summed E-state index contributed by atoms with van der Waals surface area (Å²) in [5.74, 6) is 0.00463. The van der Waals surface area contributed by atoms with Gasteiger partial charge in [-0.1, -0.05) is 42.5 Å². The van der Waals surface area contributed by atoms with Crippen LogP contribution in [0.1, 0.15) is 34.5 Å². The second-order valence-electron chi connectivity index (χ2n) is 8.48. The molecule has 178 valence electrons.